The van der Waals surface area contributed by atoms with Gasteiger partial charge < -0.3 is 11.1 Å². The van der Waals surface area contributed by atoms with Gasteiger partial charge in [0.1, 0.15) is 0 Å². The number of nitrogens with two attached hydrogens (primary N) is 1. The first-order valence-corrected chi connectivity index (χ1v) is 5.64. The SMILES string of the molecule is CC(C)CC(CN)NC(=O)C1CCC1. The van der Waals surface area contributed by atoms with Gasteiger partial charge in [-0.3, -0.25) is 4.79 Å². The summed E-state index contributed by atoms with van der Waals surface area (Å²) in [6.07, 6.45) is 4.31. The molecular formula is C11H22N2O. The van der Waals surface area contributed by atoms with Crippen LogP contribution in [-0.2, 0) is 4.79 Å². The lowest BCUT2D eigenvalue weighted by molar-refractivity contribution is -0.128. The van der Waals surface area contributed by atoms with E-state index in [1.54, 1.807) is 0 Å². The predicted molar refractivity (Wildman–Crippen MR) is 57.8 cm³/mol. The highest BCUT2D eigenvalue weighted by molar-refractivity contribution is 5.79. The van der Waals surface area contributed by atoms with Crippen molar-refractivity contribution >= 4 is 5.91 Å². The van der Waals surface area contributed by atoms with Gasteiger partial charge in [-0.2, -0.15) is 0 Å². The third-order valence-corrected chi connectivity index (χ3v) is 2.86. The van der Waals surface area contributed by atoms with Gasteiger partial charge in [0.05, 0.1) is 0 Å². The molecule has 0 aliphatic heterocycles. The fourth-order valence-electron chi connectivity index (χ4n) is 1.77. The van der Waals surface area contributed by atoms with Crippen LogP contribution in [0.3, 0.4) is 0 Å². The van der Waals surface area contributed by atoms with Crippen molar-refractivity contribution in [1.29, 1.82) is 0 Å². The Kier molecular flexibility index (Phi) is 4.39. The normalized spacial score (nSPS) is 19.1. The molecule has 0 heterocycles. The quantitative estimate of drug-likeness (QED) is 0.699. The Morgan fingerprint density at radius 1 is 1.50 bits per heavy atom. The number of nitrogens with one attached hydrogen (secondary N) is 1. The summed E-state index contributed by atoms with van der Waals surface area (Å²) in [7, 11) is 0. The summed E-state index contributed by atoms with van der Waals surface area (Å²) < 4.78 is 0. The minimum Gasteiger partial charge on any atom is -0.352 e. The molecule has 1 unspecified atom stereocenters. The number of hydrogen-bond acceptors (Lipinski definition) is 2. The van der Waals surface area contributed by atoms with Gasteiger partial charge in [0.2, 0.25) is 5.91 Å². The van der Waals surface area contributed by atoms with E-state index in [0.29, 0.717) is 12.5 Å². The molecule has 0 radical (unpaired) electrons. The van der Waals surface area contributed by atoms with Crippen LogP contribution in [0, 0.1) is 11.8 Å². The van der Waals surface area contributed by atoms with E-state index in [0.717, 1.165) is 19.3 Å². The summed E-state index contributed by atoms with van der Waals surface area (Å²) >= 11 is 0. The minimum absolute atomic E-state index is 0.170. The largest absolute Gasteiger partial charge is 0.352 e. The maximum atomic E-state index is 11.6. The molecule has 1 saturated carbocycles. The molecule has 1 fully saturated rings. The molecule has 1 rings (SSSR count). The molecule has 82 valence electrons. The predicted octanol–water partition coefficient (Wildman–Crippen LogP) is 1.28. The monoisotopic (exact) mass is 198 g/mol. The van der Waals surface area contributed by atoms with Crippen molar-refractivity contribution < 1.29 is 4.79 Å². The van der Waals surface area contributed by atoms with E-state index in [-0.39, 0.29) is 17.9 Å². The third kappa shape index (κ3) is 3.29. The number of carbonyl (C=O) groups excluding carboxylic acids is 1. The number of rotatable bonds is 5. The van der Waals surface area contributed by atoms with Gasteiger partial charge in [0.25, 0.3) is 0 Å². The zero-order valence-corrected chi connectivity index (χ0v) is 9.25. The van der Waals surface area contributed by atoms with Crippen LogP contribution >= 0.6 is 0 Å². The molecule has 1 aliphatic carbocycles. The van der Waals surface area contributed by atoms with E-state index in [1.807, 2.05) is 0 Å². The lowest BCUT2D eigenvalue weighted by atomic mass is 9.84. The second kappa shape index (κ2) is 5.35. The molecule has 3 nitrogen and oxygen atoms in total. The van der Waals surface area contributed by atoms with Crippen molar-refractivity contribution in [2.24, 2.45) is 17.6 Å². The van der Waals surface area contributed by atoms with Crippen LogP contribution in [0.25, 0.3) is 0 Å². The Morgan fingerprint density at radius 2 is 2.14 bits per heavy atom. The molecule has 0 bridgehead atoms. The molecule has 1 aliphatic rings. The molecular weight excluding hydrogens is 176 g/mol. The van der Waals surface area contributed by atoms with Crippen molar-refractivity contribution in [2.45, 2.75) is 45.6 Å². The highest BCUT2D eigenvalue weighted by Crippen LogP contribution is 2.26. The molecule has 3 heteroatoms. The third-order valence-electron chi connectivity index (χ3n) is 2.86. The maximum absolute atomic E-state index is 11.6. The van der Waals surface area contributed by atoms with E-state index < -0.39 is 0 Å². The van der Waals surface area contributed by atoms with Gasteiger partial charge in [-0.05, 0) is 25.2 Å². The summed E-state index contributed by atoms with van der Waals surface area (Å²) in [6.45, 7) is 4.85. The van der Waals surface area contributed by atoms with Gasteiger partial charge in [-0.25, -0.2) is 0 Å². The zero-order chi connectivity index (χ0) is 10.6. The highest BCUT2D eigenvalue weighted by atomic mass is 16.2. The first kappa shape index (κ1) is 11.5. The molecule has 1 amide bonds. The average Bonchev–Trinajstić information content (AvgIpc) is 1.98. The van der Waals surface area contributed by atoms with Crippen LogP contribution in [-0.4, -0.2) is 18.5 Å². The van der Waals surface area contributed by atoms with Crippen LogP contribution in [0.15, 0.2) is 0 Å². The number of hydrogen-bond donors (Lipinski definition) is 2. The van der Waals surface area contributed by atoms with E-state index in [4.69, 9.17) is 5.73 Å². The Bertz CT molecular complexity index is 188. The Hall–Kier alpha value is -0.570. The topological polar surface area (TPSA) is 55.1 Å². The second-order valence-corrected chi connectivity index (χ2v) is 4.70. The number of amides is 1. The van der Waals surface area contributed by atoms with Crippen molar-refractivity contribution in [3.63, 3.8) is 0 Å². The standard InChI is InChI=1S/C11H22N2O/c1-8(2)6-10(7-12)13-11(14)9-4-3-5-9/h8-10H,3-7,12H2,1-2H3,(H,13,14). The Labute approximate surface area is 86.4 Å². The fourth-order valence-corrected chi connectivity index (χ4v) is 1.77. The van der Waals surface area contributed by atoms with Gasteiger partial charge in [0, 0.05) is 18.5 Å². The van der Waals surface area contributed by atoms with Gasteiger partial charge in [0.15, 0.2) is 0 Å². The van der Waals surface area contributed by atoms with Crippen LogP contribution in [0.4, 0.5) is 0 Å². The summed E-state index contributed by atoms with van der Waals surface area (Å²) in [4.78, 5) is 11.6. The van der Waals surface area contributed by atoms with Crippen LogP contribution in [0.2, 0.25) is 0 Å². The molecule has 0 aromatic carbocycles. The zero-order valence-electron chi connectivity index (χ0n) is 9.25. The summed E-state index contributed by atoms with van der Waals surface area (Å²) in [5, 5.41) is 3.04. The van der Waals surface area contributed by atoms with Gasteiger partial charge in [-0.1, -0.05) is 20.3 Å². The highest BCUT2D eigenvalue weighted by Gasteiger charge is 2.26. The molecule has 0 aromatic rings. The van der Waals surface area contributed by atoms with Crippen LogP contribution in [0.5, 0.6) is 0 Å². The van der Waals surface area contributed by atoms with E-state index >= 15 is 0 Å². The lowest BCUT2D eigenvalue weighted by Gasteiger charge is -2.27. The lowest BCUT2D eigenvalue weighted by Crippen LogP contribution is -2.45. The van der Waals surface area contributed by atoms with Gasteiger partial charge >= 0.3 is 0 Å². The summed E-state index contributed by atoms with van der Waals surface area (Å²) in [6, 6.07) is 0.170. The van der Waals surface area contributed by atoms with Crippen molar-refractivity contribution in [1.82, 2.24) is 5.32 Å². The first-order valence-electron chi connectivity index (χ1n) is 5.64. The molecule has 0 spiro atoms. The van der Waals surface area contributed by atoms with E-state index in [9.17, 15) is 4.79 Å². The molecule has 0 saturated heterocycles. The fraction of sp³-hybridized carbons (Fsp3) is 0.909. The Balaban J connectivity index is 2.27. The molecule has 14 heavy (non-hydrogen) atoms. The minimum atomic E-state index is 0.170. The van der Waals surface area contributed by atoms with E-state index in [2.05, 4.69) is 19.2 Å². The van der Waals surface area contributed by atoms with Crippen LogP contribution < -0.4 is 11.1 Å². The van der Waals surface area contributed by atoms with E-state index in [1.165, 1.54) is 6.42 Å². The Morgan fingerprint density at radius 3 is 2.50 bits per heavy atom. The van der Waals surface area contributed by atoms with Crippen molar-refractivity contribution in [3.8, 4) is 0 Å². The molecule has 0 aromatic heterocycles. The van der Waals surface area contributed by atoms with Gasteiger partial charge in [-0.15, -0.1) is 0 Å². The molecule has 3 N–H and O–H groups in total. The number of carbonyl (C=O) groups is 1. The smallest absolute Gasteiger partial charge is 0.223 e. The maximum Gasteiger partial charge on any atom is 0.223 e. The second-order valence-electron chi connectivity index (χ2n) is 4.70. The summed E-state index contributed by atoms with van der Waals surface area (Å²) in [5.41, 5.74) is 5.61. The first-order chi connectivity index (χ1) is 6.63. The van der Waals surface area contributed by atoms with Crippen molar-refractivity contribution in [3.05, 3.63) is 0 Å². The van der Waals surface area contributed by atoms with Crippen molar-refractivity contribution in [2.75, 3.05) is 6.54 Å². The molecule has 1 atom stereocenters. The summed E-state index contributed by atoms with van der Waals surface area (Å²) in [5.74, 6) is 1.08. The van der Waals surface area contributed by atoms with Crippen LogP contribution in [0.1, 0.15) is 39.5 Å². The average molecular weight is 198 g/mol.